The van der Waals surface area contributed by atoms with E-state index in [9.17, 15) is 20.3 Å². The van der Waals surface area contributed by atoms with Gasteiger partial charge in [0.15, 0.2) is 0 Å². The lowest BCUT2D eigenvalue weighted by Gasteiger charge is -2.13. The molecule has 0 amide bonds. The van der Waals surface area contributed by atoms with Gasteiger partial charge in [-0.25, -0.2) is 0 Å². The topological polar surface area (TPSA) is 98.5 Å². The van der Waals surface area contributed by atoms with E-state index in [2.05, 4.69) is 5.32 Å². The number of nitro groups is 1. The zero-order valence-electron chi connectivity index (χ0n) is 10.3. The lowest BCUT2D eigenvalue weighted by atomic mass is 10.1. The second-order valence-corrected chi connectivity index (χ2v) is 3.99. The van der Waals surface area contributed by atoms with Crippen molar-refractivity contribution >= 4 is 11.4 Å². The Morgan fingerprint density at radius 2 is 2.00 bits per heavy atom. The zero-order chi connectivity index (χ0) is 14.5. The minimum atomic E-state index is -0.618. The summed E-state index contributed by atoms with van der Waals surface area (Å²) in [5.41, 5.74) is 0.453. The minimum absolute atomic E-state index is 0.0991. The van der Waals surface area contributed by atoms with E-state index in [1.807, 2.05) is 0 Å². The Morgan fingerprint density at radius 3 is 2.65 bits per heavy atom. The van der Waals surface area contributed by atoms with Crippen molar-refractivity contribution in [1.82, 2.24) is 5.32 Å². The fourth-order valence-corrected chi connectivity index (χ4v) is 1.61. The van der Waals surface area contributed by atoms with E-state index in [0.29, 0.717) is 0 Å². The maximum atomic E-state index is 11.9. The number of allylic oxidation sites excluding steroid dienone is 5. The third-order valence-corrected chi connectivity index (χ3v) is 2.63. The van der Waals surface area contributed by atoms with Crippen LogP contribution in [-0.2, 0) is 0 Å². The summed E-state index contributed by atoms with van der Waals surface area (Å²) >= 11 is 0. The van der Waals surface area contributed by atoms with Crippen LogP contribution in [0.3, 0.4) is 0 Å². The lowest BCUT2D eigenvalue weighted by Crippen LogP contribution is -2.03. The molecule has 0 unspecified atom stereocenters. The Kier molecular flexibility index (Phi) is 3.85. The molecule has 0 saturated carbocycles. The highest BCUT2D eigenvalue weighted by molar-refractivity contribution is 5.67. The van der Waals surface area contributed by atoms with E-state index in [1.54, 1.807) is 30.6 Å². The van der Waals surface area contributed by atoms with Crippen LogP contribution in [0.2, 0.25) is 0 Å². The van der Waals surface area contributed by atoms with Gasteiger partial charge in [0.1, 0.15) is 5.75 Å². The van der Waals surface area contributed by atoms with Gasteiger partial charge in [-0.15, -0.1) is 0 Å². The van der Waals surface area contributed by atoms with Crippen molar-refractivity contribution in [1.29, 1.82) is 0 Å². The molecule has 0 aliphatic carbocycles. The summed E-state index contributed by atoms with van der Waals surface area (Å²) in [6, 6.07) is 3.33. The van der Waals surface area contributed by atoms with Gasteiger partial charge < -0.3 is 15.5 Å². The van der Waals surface area contributed by atoms with Crippen molar-refractivity contribution in [2.24, 2.45) is 0 Å². The molecule has 1 aromatic carbocycles. The lowest BCUT2D eigenvalue weighted by molar-refractivity contribution is -0.385. The summed E-state index contributed by atoms with van der Waals surface area (Å²) < 4.78 is 0. The first kappa shape index (κ1) is 13.4. The summed E-state index contributed by atoms with van der Waals surface area (Å²) in [7, 11) is 0. The van der Waals surface area contributed by atoms with Gasteiger partial charge in [-0.05, 0) is 23.8 Å². The molecule has 0 fully saturated rings. The first-order valence-electron chi connectivity index (χ1n) is 5.74. The van der Waals surface area contributed by atoms with Gasteiger partial charge in [0.05, 0.1) is 4.92 Å². The molecule has 102 valence electrons. The summed E-state index contributed by atoms with van der Waals surface area (Å²) in [6.07, 6.45) is 9.75. The monoisotopic (exact) mass is 271 g/mol. The van der Waals surface area contributed by atoms with Crippen molar-refractivity contribution in [2.75, 3.05) is 0 Å². The van der Waals surface area contributed by atoms with Gasteiger partial charge in [-0.3, -0.25) is 10.1 Å². The molecule has 2 rings (SSSR count). The third kappa shape index (κ3) is 3.05. The number of dihydropyridines is 1. The van der Waals surface area contributed by atoms with Gasteiger partial charge >= 0.3 is 0 Å². The Bertz CT molecular complexity index is 643. The maximum absolute atomic E-state index is 11.9. The molecule has 0 bridgehead atoms. The molecule has 1 heterocycles. The van der Waals surface area contributed by atoms with E-state index >= 15 is 0 Å². The first-order chi connectivity index (χ1) is 9.58. The number of phenolic OH excluding ortho intramolecular Hbond substituents is 1. The molecule has 0 aromatic heterocycles. The molecule has 0 saturated heterocycles. The molecular formula is C14H11N2O4-. The predicted octanol–water partition coefficient (Wildman–Crippen LogP) is 1.56. The average molecular weight is 271 g/mol. The number of rotatable bonds is 3. The number of non-ortho nitro benzene ring substituents is 1. The summed E-state index contributed by atoms with van der Waals surface area (Å²) in [5.74, 6) is -0.786. The Balaban J connectivity index is 2.32. The van der Waals surface area contributed by atoms with Crippen LogP contribution in [0.25, 0.3) is 5.76 Å². The van der Waals surface area contributed by atoms with Crippen molar-refractivity contribution < 1.29 is 15.1 Å². The van der Waals surface area contributed by atoms with Crippen LogP contribution in [0.4, 0.5) is 5.69 Å². The van der Waals surface area contributed by atoms with E-state index in [4.69, 9.17) is 0 Å². The van der Waals surface area contributed by atoms with Crippen LogP contribution in [0.1, 0.15) is 5.56 Å². The summed E-state index contributed by atoms with van der Waals surface area (Å²) in [6.45, 7) is 0. The van der Waals surface area contributed by atoms with Gasteiger partial charge in [0.25, 0.3) is 5.69 Å². The second kappa shape index (κ2) is 5.75. The van der Waals surface area contributed by atoms with Crippen LogP contribution < -0.4 is 10.4 Å². The molecule has 0 atom stereocenters. The quantitative estimate of drug-likeness (QED) is 0.494. The normalized spacial score (nSPS) is 14.0. The standard InChI is InChI=1S/C14H12N2O4/c17-13(3-1-10-5-7-15-8-6-10)12-9-11(16(19)20)2-4-14(12)18/h1-9,15,17-18H/p-1. The average Bonchev–Trinajstić information content (AvgIpc) is 2.46. The van der Waals surface area contributed by atoms with E-state index in [1.165, 1.54) is 6.08 Å². The number of nitro benzene ring substituents is 1. The van der Waals surface area contributed by atoms with Crippen molar-refractivity contribution in [3.63, 3.8) is 0 Å². The Hall–Kier alpha value is -3.02. The third-order valence-electron chi connectivity index (χ3n) is 2.63. The summed E-state index contributed by atoms with van der Waals surface area (Å²) in [5, 5.41) is 35.0. The Morgan fingerprint density at radius 1 is 1.30 bits per heavy atom. The summed E-state index contributed by atoms with van der Waals surface area (Å²) in [4.78, 5) is 10.0. The van der Waals surface area contributed by atoms with E-state index < -0.39 is 10.7 Å². The second-order valence-electron chi connectivity index (χ2n) is 3.99. The highest BCUT2D eigenvalue weighted by Gasteiger charge is 2.09. The SMILES string of the molecule is O=[N+]([O-])c1ccc(O)c(C([O-])=CC=C2C=CNC=C2)c1. The molecule has 6 nitrogen and oxygen atoms in total. The van der Waals surface area contributed by atoms with Gasteiger partial charge in [0.2, 0.25) is 0 Å². The largest absolute Gasteiger partial charge is 0.872 e. The van der Waals surface area contributed by atoms with Gasteiger partial charge in [0, 0.05) is 30.1 Å². The number of benzene rings is 1. The molecule has 1 aliphatic heterocycles. The fourth-order valence-electron chi connectivity index (χ4n) is 1.61. The molecule has 2 N–H and O–H groups in total. The maximum Gasteiger partial charge on any atom is 0.270 e. The van der Waals surface area contributed by atoms with Crippen LogP contribution in [0.5, 0.6) is 5.75 Å². The predicted molar refractivity (Wildman–Crippen MR) is 72.2 cm³/mol. The van der Waals surface area contributed by atoms with Crippen molar-refractivity contribution in [3.05, 3.63) is 76.2 Å². The molecule has 1 aromatic rings. The first-order valence-corrected chi connectivity index (χ1v) is 5.74. The number of phenols is 1. The molecule has 0 spiro atoms. The smallest absolute Gasteiger partial charge is 0.270 e. The number of nitrogens with one attached hydrogen (secondary N) is 1. The number of nitrogens with zero attached hydrogens (tertiary/aromatic N) is 1. The number of hydrogen-bond donors (Lipinski definition) is 2. The zero-order valence-corrected chi connectivity index (χ0v) is 10.3. The van der Waals surface area contributed by atoms with Gasteiger partial charge in [-0.1, -0.05) is 17.9 Å². The highest BCUT2D eigenvalue weighted by Crippen LogP contribution is 2.26. The Labute approximate surface area is 114 Å². The highest BCUT2D eigenvalue weighted by atomic mass is 16.6. The molecule has 6 heteroatoms. The van der Waals surface area contributed by atoms with Crippen LogP contribution in [0, 0.1) is 10.1 Å². The van der Waals surface area contributed by atoms with Crippen LogP contribution in [-0.4, -0.2) is 10.0 Å². The van der Waals surface area contributed by atoms with Crippen LogP contribution in [0.15, 0.2) is 60.5 Å². The van der Waals surface area contributed by atoms with Gasteiger partial charge in [-0.2, -0.15) is 0 Å². The van der Waals surface area contributed by atoms with Crippen molar-refractivity contribution in [3.8, 4) is 5.75 Å². The molecule has 1 aliphatic rings. The number of aromatic hydroxyl groups is 1. The van der Waals surface area contributed by atoms with Crippen molar-refractivity contribution in [2.45, 2.75) is 0 Å². The van der Waals surface area contributed by atoms with Crippen LogP contribution >= 0.6 is 0 Å². The molecule has 20 heavy (non-hydrogen) atoms. The number of hydrogen-bond acceptors (Lipinski definition) is 5. The molecular weight excluding hydrogens is 260 g/mol. The minimum Gasteiger partial charge on any atom is -0.872 e. The molecule has 0 radical (unpaired) electrons. The van der Waals surface area contributed by atoms with E-state index in [-0.39, 0.29) is 17.0 Å². The van der Waals surface area contributed by atoms with E-state index in [0.717, 1.165) is 23.8 Å². The fraction of sp³-hybridized carbons (Fsp3) is 0.